The first-order chi connectivity index (χ1) is 7.34. The largest absolute Gasteiger partial charge is 0.310 e. The second kappa shape index (κ2) is 4.10. The number of Topliss-reactive ketones (excluding diaryl/α,β-unsaturated/α-hetero) is 1. The van der Waals surface area contributed by atoms with Crippen LogP contribution in [0.4, 0.5) is 0 Å². The Labute approximate surface area is 95.6 Å². The Kier molecular flexibility index (Phi) is 2.77. The molecule has 3 saturated heterocycles. The van der Waals surface area contributed by atoms with Crippen LogP contribution in [0.25, 0.3) is 0 Å². The van der Waals surface area contributed by atoms with Crippen molar-refractivity contribution in [3.8, 4) is 0 Å². The van der Waals surface area contributed by atoms with Crippen LogP contribution in [0.2, 0.25) is 0 Å². The van der Waals surface area contributed by atoms with Gasteiger partial charge in [-0.25, -0.2) is 0 Å². The summed E-state index contributed by atoms with van der Waals surface area (Å²) in [5.41, 5.74) is 0. The highest BCUT2D eigenvalue weighted by molar-refractivity contribution is 7.99. The van der Waals surface area contributed by atoms with Crippen molar-refractivity contribution in [3.63, 3.8) is 0 Å². The Hall–Kier alpha value is -0.0200. The Morgan fingerprint density at radius 3 is 2.73 bits per heavy atom. The number of ketones is 1. The average molecular weight is 225 g/mol. The SMILES string of the molecule is O=C1CC2CCC(N2)C1C1CCSCC1. The zero-order chi connectivity index (χ0) is 10.3. The molecule has 3 aliphatic heterocycles. The lowest BCUT2D eigenvalue weighted by atomic mass is 9.77. The average Bonchev–Trinajstić information content (AvgIpc) is 2.62. The Morgan fingerprint density at radius 1 is 1.13 bits per heavy atom. The minimum atomic E-state index is 0.365. The Balaban J connectivity index is 1.74. The molecule has 15 heavy (non-hydrogen) atoms. The van der Waals surface area contributed by atoms with E-state index in [9.17, 15) is 4.79 Å². The lowest BCUT2D eigenvalue weighted by Gasteiger charge is -2.36. The maximum absolute atomic E-state index is 12.1. The normalized spacial score (nSPS) is 42.1. The predicted molar refractivity (Wildman–Crippen MR) is 63.1 cm³/mol. The number of nitrogens with one attached hydrogen (secondary N) is 1. The maximum Gasteiger partial charge on any atom is 0.139 e. The highest BCUT2D eigenvalue weighted by Gasteiger charge is 2.44. The van der Waals surface area contributed by atoms with Crippen LogP contribution in [0.3, 0.4) is 0 Å². The Morgan fingerprint density at radius 2 is 1.93 bits per heavy atom. The van der Waals surface area contributed by atoms with E-state index in [2.05, 4.69) is 17.1 Å². The fourth-order valence-corrected chi connectivity index (χ4v) is 4.71. The summed E-state index contributed by atoms with van der Waals surface area (Å²) >= 11 is 2.05. The first kappa shape index (κ1) is 10.2. The molecule has 3 aliphatic rings. The zero-order valence-electron chi connectivity index (χ0n) is 9.08. The van der Waals surface area contributed by atoms with E-state index in [1.165, 1.54) is 37.2 Å². The number of hydrogen-bond donors (Lipinski definition) is 1. The number of thioether (sulfide) groups is 1. The number of carbonyl (C=O) groups is 1. The molecule has 0 aromatic rings. The van der Waals surface area contributed by atoms with Crippen LogP contribution in [0, 0.1) is 11.8 Å². The molecule has 3 rings (SSSR count). The number of rotatable bonds is 1. The summed E-state index contributed by atoms with van der Waals surface area (Å²) in [7, 11) is 0. The van der Waals surface area contributed by atoms with E-state index in [-0.39, 0.29) is 0 Å². The molecule has 0 aromatic heterocycles. The first-order valence-corrected chi connectivity index (χ1v) is 7.36. The summed E-state index contributed by atoms with van der Waals surface area (Å²) < 4.78 is 0. The van der Waals surface area contributed by atoms with Gasteiger partial charge in [0.15, 0.2) is 0 Å². The Bertz CT molecular complexity index is 262. The van der Waals surface area contributed by atoms with Gasteiger partial charge in [-0.05, 0) is 43.1 Å². The first-order valence-electron chi connectivity index (χ1n) is 6.21. The summed E-state index contributed by atoms with van der Waals surface area (Å²) in [6.45, 7) is 0. The van der Waals surface area contributed by atoms with E-state index in [0.29, 0.717) is 29.7 Å². The molecule has 0 aromatic carbocycles. The monoisotopic (exact) mass is 225 g/mol. The quantitative estimate of drug-likeness (QED) is 0.738. The van der Waals surface area contributed by atoms with Gasteiger partial charge in [0.25, 0.3) is 0 Å². The van der Waals surface area contributed by atoms with Crippen molar-refractivity contribution < 1.29 is 4.79 Å². The van der Waals surface area contributed by atoms with E-state index >= 15 is 0 Å². The van der Waals surface area contributed by atoms with Gasteiger partial charge in [-0.3, -0.25) is 4.79 Å². The van der Waals surface area contributed by atoms with Crippen LogP contribution >= 0.6 is 11.8 Å². The van der Waals surface area contributed by atoms with Crippen LogP contribution < -0.4 is 5.32 Å². The molecular weight excluding hydrogens is 206 g/mol. The van der Waals surface area contributed by atoms with Crippen LogP contribution in [0.1, 0.15) is 32.1 Å². The third-order valence-electron chi connectivity index (χ3n) is 4.30. The van der Waals surface area contributed by atoms with Gasteiger partial charge < -0.3 is 5.32 Å². The lowest BCUT2D eigenvalue weighted by Crippen LogP contribution is -2.49. The highest BCUT2D eigenvalue weighted by atomic mass is 32.2. The molecule has 3 heteroatoms. The van der Waals surface area contributed by atoms with E-state index in [1.54, 1.807) is 0 Å². The molecule has 1 N–H and O–H groups in total. The van der Waals surface area contributed by atoms with Crippen LogP contribution in [0.5, 0.6) is 0 Å². The van der Waals surface area contributed by atoms with Gasteiger partial charge in [-0.1, -0.05) is 0 Å². The summed E-state index contributed by atoms with van der Waals surface area (Å²) in [6.07, 6.45) is 5.82. The molecule has 2 nitrogen and oxygen atoms in total. The zero-order valence-corrected chi connectivity index (χ0v) is 9.89. The lowest BCUT2D eigenvalue weighted by molar-refractivity contribution is -0.127. The summed E-state index contributed by atoms with van der Waals surface area (Å²) in [5, 5.41) is 3.64. The molecule has 3 atom stereocenters. The fraction of sp³-hybridized carbons (Fsp3) is 0.917. The van der Waals surface area contributed by atoms with Crippen molar-refractivity contribution in [2.45, 2.75) is 44.2 Å². The van der Waals surface area contributed by atoms with Crippen LogP contribution in [-0.2, 0) is 4.79 Å². The highest BCUT2D eigenvalue weighted by Crippen LogP contribution is 2.38. The van der Waals surface area contributed by atoms with Crippen molar-refractivity contribution in [2.24, 2.45) is 11.8 Å². The topological polar surface area (TPSA) is 29.1 Å². The predicted octanol–water partition coefficient (Wildman–Crippen LogP) is 1.84. The molecule has 0 spiro atoms. The van der Waals surface area contributed by atoms with Crippen LogP contribution in [-0.4, -0.2) is 29.4 Å². The summed E-state index contributed by atoms with van der Waals surface area (Å²) in [6, 6.07) is 1.06. The van der Waals surface area contributed by atoms with E-state index in [0.717, 1.165) is 6.42 Å². The molecule has 0 amide bonds. The smallest absolute Gasteiger partial charge is 0.139 e. The fourth-order valence-electron chi connectivity index (χ4n) is 3.56. The van der Waals surface area contributed by atoms with Gasteiger partial charge in [0.2, 0.25) is 0 Å². The van der Waals surface area contributed by atoms with Gasteiger partial charge >= 0.3 is 0 Å². The van der Waals surface area contributed by atoms with Crippen molar-refractivity contribution in [2.75, 3.05) is 11.5 Å². The van der Waals surface area contributed by atoms with E-state index in [1.807, 2.05) is 0 Å². The number of hydrogen-bond acceptors (Lipinski definition) is 3. The van der Waals surface area contributed by atoms with Crippen molar-refractivity contribution in [1.82, 2.24) is 5.32 Å². The summed E-state index contributed by atoms with van der Waals surface area (Å²) in [5.74, 6) is 4.16. The molecule has 84 valence electrons. The van der Waals surface area contributed by atoms with Gasteiger partial charge in [-0.2, -0.15) is 11.8 Å². The van der Waals surface area contributed by atoms with Gasteiger partial charge in [0.1, 0.15) is 5.78 Å². The maximum atomic E-state index is 12.1. The summed E-state index contributed by atoms with van der Waals surface area (Å²) in [4.78, 5) is 12.1. The molecule has 3 heterocycles. The number of carbonyl (C=O) groups excluding carboxylic acids is 1. The minimum Gasteiger partial charge on any atom is -0.310 e. The molecule has 2 bridgehead atoms. The van der Waals surface area contributed by atoms with Gasteiger partial charge in [0, 0.05) is 24.4 Å². The second-order valence-electron chi connectivity index (χ2n) is 5.19. The van der Waals surface area contributed by atoms with Gasteiger partial charge in [-0.15, -0.1) is 0 Å². The minimum absolute atomic E-state index is 0.365. The molecule has 3 fully saturated rings. The van der Waals surface area contributed by atoms with Gasteiger partial charge in [0.05, 0.1) is 0 Å². The molecule has 3 unspecified atom stereocenters. The van der Waals surface area contributed by atoms with Crippen molar-refractivity contribution in [3.05, 3.63) is 0 Å². The van der Waals surface area contributed by atoms with Crippen molar-refractivity contribution >= 4 is 17.5 Å². The van der Waals surface area contributed by atoms with E-state index in [4.69, 9.17) is 0 Å². The molecule has 0 radical (unpaired) electrons. The van der Waals surface area contributed by atoms with Crippen molar-refractivity contribution in [1.29, 1.82) is 0 Å². The van der Waals surface area contributed by atoms with Crippen LogP contribution in [0.15, 0.2) is 0 Å². The standard InChI is InChI=1S/C12H19NOS/c14-11-7-9-1-2-10(13-9)12(11)8-3-5-15-6-4-8/h8-10,12-13H,1-7H2. The number of fused-ring (bicyclic) bond motifs is 2. The third kappa shape index (κ3) is 1.84. The number of piperidine rings is 1. The molecule has 0 aliphatic carbocycles. The second-order valence-corrected chi connectivity index (χ2v) is 6.42. The third-order valence-corrected chi connectivity index (χ3v) is 5.35. The molecule has 0 saturated carbocycles. The molecular formula is C12H19NOS. The van der Waals surface area contributed by atoms with E-state index < -0.39 is 0 Å².